The highest BCUT2D eigenvalue weighted by Gasteiger charge is 2.62. The molecule has 3 rings (SSSR count). The lowest BCUT2D eigenvalue weighted by molar-refractivity contribution is -1.06. The number of piperidine rings is 1. The van der Waals surface area contributed by atoms with E-state index in [1.165, 1.54) is 0 Å². The molecule has 1 saturated heterocycles. The number of nitrogens with zero attached hydrogens (tertiary/aromatic N) is 1. The minimum Gasteiger partial charge on any atom is -0.434 e. The number of hydrogen-bond acceptors (Lipinski definition) is 8. The summed E-state index contributed by atoms with van der Waals surface area (Å²) in [5, 5.41) is 2.12. The molecule has 9 nitrogen and oxygen atoms in total. The van der Waals surface area contributed by atoms with Crippen LogP contribution in [0.5, 0.6) is 0 Å². The third kappa shape index (κ3) is 4.97. The van der Waals surface area contributed by atoms with E-state index in [0.29, 0.717) is 48.9 Å². The molecule has 182 valence electrons. The van der Waals surface area contributed by atoms with Gasteiger partial charge in [0.15, 0.2) is 11.3 Å². The number of amides is 1. The fourth-order valence-corrected chi connectivity index (χ4v) is 4.57. The second-order valence-corrected chi connectivity index (χ2v) is 8.43. The molecule has 1 atom stereocenters. The summed E-state index contributed by atoms with van der Waals surface area (Å²) >= 11 is 0. The Labute approximate surface area is 195 Å². The molecule has 1 unspecified atom stereocenters. The summed E-state index contributed by atoms with van der Waals surface area (Å²) in [7, 11) is 3.20. The van der Waals surface area contributed by atoms with Crippen molar-refractivity contribution in [3.8, 4) is 0 Å². The zero-order valence-corrected chi connectivity index (χ0v) is 20.4. The third-order valence-corrected chi connectivity index (χ3v) is 6.46. The Morgan fingerprint density at radius 3 is 2.33 bits per heavy atom. The molecule has 0 radical (unpaired) electrons. The monoisotopic (exact) mass is 463 g/mol. The van der Waals surface area contributed by atoms with Crippen molar-refractivity contribution in [2.24, 2.45) is 0 Å². The Morgan fingerprint density at radius 2 is 1.73 bits per heavy atom. The summed E-state index contributed by atoms with van der Waals surface area (Å²) in [6.07, 6.45) is 0.166. The van der Waals surface area contributed by atoms with E-state index in [4.69, 9.17) is 23.9 Å². The van der Waals surface area contributed by atoms with Gasteiger partial charge >= 0.3 is 12.1 Å². The molecule has 1 spiro atoms. The predicted molar refractivity (Wildman–Crippen MR) is 120 cm³/mol. The average molecular weight is 464 g/mol. The van der Waals surface area contributed by atoms with Gasteiger partial charge in [-0.25, -0.2) is 9.59 Å². The first-order valence-corrected chi connectivity index (χ1v) is 11.3. The van der Waals surface area contributed by atoms with Crippen molar-refractivity contribution in [1.29, 1.82) is 0 Å². The number of quaternary nitrogens is 1. The SMILES string of the molecule is CCOC(=O)OC1=C(c2cc(C)c(C)cc2C)C(=O)[NH+](OCCOC)C12CCN(OC)CC2. The molecule has 0 bridgehead atoms. The topological polar surface area (TPSA) is 88.0 Å². The first-order valence-electron chi connectivity index (χ1n) is 11.3. The molecular formula is C24H35N2O7+. The van der Waals surface area contributed by atoms with Gasteiger partial charge in [-0.1, -0.05) is 12.1 Å². The highest BCUT2D eigenvalue weighted by atomic mass is 16.7. The Hall–Kier alpha value is -2.30. The minimum atomic E-state index is -0.882. The molecule has 1 N–H and O–H groups in total. The highest BCUT2D eigenvalue weighted by Crippen LogP contribution is 2.39. The quantitative estimate of drug-likeness (QED) is 0.462. The number of benzene rings is 1. The lowest BCUT2D eigenvalue weighted by Crippen LogP contribution is -3.20. The van der Waals surface area contributed by atoms with Crippen LogP contribution in [0.4, 0.5) is 4.79 Å². The van der Waals surface area contributed by atoms with Crippen LogP contribution < -0.4 is 5.06 Å². The van der Waals surface area contributed by atoms with E-state index in [0.717, 1.165) is 22.3 Å². The smallest absolute Gasteiger partial charge is 0.434 e. The fourth-order valence-electron chi connectivity index (χ4n) is 4.57. The summed E-state index contributed by atoms with van der Waals surface area (Å²) in [6.45, 7) is 9.52. The molecule has 9 heteroatoms. The van der Waals surface area contributed by atoms with Gasteiger partial charge in [-0.05, 0) is 49.9 Å². The molecule has 2 aliphatic rings. The number of aryl methyl sites for hydroxylation is 3. The Kier molecular flexibility index (Phi) is 8.25. The van der Waals surface area contributed by atoms with E-state index in [2.05, 4.69) is 0 Å². The van der Waals surface area contributed by atoms with Gasteiger partial charge in [-0.2, -0.15) is 9.90 Å². The Morgan fingerprint density at radius 1 is 1.06 bits per heavy atom. The normalized spacial score (nSPS) is 20.5. The summed E-state index contributed by atoms with van der Waals surface area (Å²) < 4.78 is 16.0. The third-order valence-electron chi connectivity index (χ3n) is 6.46. The number of carbonyl (C=O) groups excluding carboxylic acids is 2. The van der Waals surface area contributed by atoms with Crippen LogP contribution in [0.2, 0.25) is 0 Å². The van der Waals surface area contributed by atoms with Gasteiger partial charge in [-0.3, -0.25) is 0 Å². The maximum absolute atomic E-state index is 13.9. The molecule has 1 aromatic carbocycles. The van der Waals surface area contributed by atoms with E-state index < -0.39 is 11.7 Å². The van der Waals surface area contributed by atoms with Gasteiger partial charge in [0.2, 0.25) is 0 Å². The lowest BCUT2D eigenvalue weighted by atomic mass is 9.85. The number of rotatable bonds is 8. The van der Waals surface area contributed by atoms with Crippen LogP contribution in [0.1, 0.15) is 42.0 Å². The molecule has 0 aromatic heterocycles. The molecule has 2 aliphatic heterocycles. The Balaban J connectivity index is 2.17. The highest BCUT2D eigenvalue weighted by molar-refractivity contribution is 6.18. The molecule has 0 aliphatic carbocycles. The van der Waals surface area contributed by atoms with Crippen LogP contribution >= 0.6 is 0 Å². The average Bonchev–Trinajstić information content (AvgIpc) is 2.99. The van der Waals surface area contributed by atoms with Crippen molar-refractivity contribution in [3.05, 3.63) is 40.1 Å². The second kappa shape index (κ2) is 10.8. The van der Waals surface area contributed by atoms with Crippen molar-refractivity contribution < 1.29 is 38.5 Å². The molecule has 0 saturated carbocycles. The zero-order chi connectivity index (χ0) is 24.2. The summed E-state index contributed by atoms with van der Waals surface area (Å²) in [6, 6.07) is 4.01. The molecule has 1 amide bonds. The van der Waals surface area contributed by atoms with Crippen LogP contribution in [0.15, 0.2) is 17.9 Å². The van der Waals surface area contributed by atoms with Crippen molar-refractivity contribution in [2.45, 2.75) is 46.1 Å². The van der Waals surface area contributed by atoms with Crippen molar-refractivity contribution in [1.82, 2.24) is 5.06 Å². The van der Waals surface area contributed by atoms with Gasteiger partial charge in [0.25, 0.3) is 0 Å². The number of carbonyl (C=O) groups is 2. The number of hydroxylamine groups is 4. The number of hydrogen-bond donors (Lipinski definition) is 1. The molecule has 1 aromatic rings. The van der Waals surface area contributed by atoms with E-state index in [1.54, 1.807) is 21.1 Å². The summed E-state index contributed by atoms with van der Waals surface area (Å²) in [5.41, 5.74) is 3.31. The largest absolute Gasteiger partial charge is 0.513 e. The van der Waals surface area contributed by atoms with Gasteiger partial charge < -0.3 is 19.0 Å². The molecule has 33 heavy (non-hydrogen) atoms. The lowest BCUT2D eigenvalue weighted by Gasteiger charge is -2.39. The van der Waals surface area contributed by atoms with Crippen LogP contribution in [0.3, 0.4) is 0 Å². The van der Waals surface area contributed by atoms with Crippen molar-refractivity contribution in [2.75, 3.05) is 47.1 Å². The van der Waals surface area contributed by atoms with Crippen LogP contribution in [0.25, 0.3) is 5.57 Å². The van der Waals surface area contributed by atoms with Crippen LogP contribution in [-0.4, -0.2) is 69.8 Å². The van der Waals surface area contributed by atoms with Crippen LogP contribution in [0, 0.1) is 20.8 Å². The van der Waals surface area contributed by atoms with Gasteiger partial charge in [0.1, 0.15) is 12.2 Å². The maximum Gasteiger partial charge on any atom is 0.513 e. The van der Waals surface area contributed by atoms with Gasteiger partial charge in [0, 0.05) is 33.0 Å². The second-order valence-electron chi connectivity index (χ2n) is 8.43. The van der Waals surface area contributed by atoms with Gasteiger partial charge in [-0.15, -0.1) is 5.06 Å². The van der Waals surface area contributed by atoms with E-state index in [1.807, 2.05) is 38.0 Å². The standard InChI is InChI=1S/C24H34N2O7/c1-7-31-23(28)33-21-20(19-15-17(3)16(2)14-18(19)4)22(27)26(32-13-12-29-5)24(21)8-10-25(30-6)11-9-24/h14-15H,7-13H2,1-6H3/p+1. The first-order chi connectivity index (χ1) is 15.8. The first kappa shape index (κ1) is 25.3. The fraction of sp³-hybridized carbons (Fsp3) is 0.583. The van der Waals surface area contributed by atoms with Gasteiger partial charge in [0.05, 0.1) is 20.3 Å². The van der Waals surface area contributed by atoms with E-state index in [9.17, 15) is 9.59 Å². The minimum absolute atomic E-state index is 0.170. The molecule has 2 heterocycles. The maximum atomic E-state index is 13.9. The number of methoxy groups -OCH3 is 1. The number of ether oxygens (including phenoxy) is 3. The number of nitrogens with one attached hydrogen (secondary N) is 1. The Bertz CT molecular complexity index is 920. The molecular weight excluding hydrogens is 428 g/mol. The van der Waals surface area contributed by atoms with Crippen molar-refractivity contribution in [3.63, 3.8) is 0 Å². The zero-order valence-electron chi connectivity index (χ0n) is 20.4. The van der Waals surface area contributed by atoms with E-state index >= 15 is 0 Å². The van der Waals surface area contributed by atoms with E-state index in [-0.39, 0.29) is 19.1 Å². The summed E-state index contributed by atoms with van der Waals surface area (Å²) in [5.74, 6) is 0.0445. The molecule has 1 fully saturated rings. The summed E-state index contributed by atoms with van der Waals surface area (Å²) in [4.78, 5) is 37.8. The van der Waals surface area contributed by atoms with Crippen LogP contribution in [-0.2, 0) is 28.7 Å². The van der Waals surface area contributed by atoms with Crippen molar-refractivity contribution >= 4 is 17.6 Å². The predicted octanol–water partition coefficient (Wildman–Crippen LogP) is 1.90.